The van der Waals surface area contributed by atoms with Gasteiger partial charge in [0, 0.05) is 24.8 Å². The van der Waals surface area contributed by atoms with Gasteiger partial charge in [0.05, 0.1) is 12.5 Å². The zero-order valence-electron chi connectivity index (χ0n) is 8.11. The molecule has 15 heavy (non-hydrogen) atoms. The zero-order valence-corrected chi connectivity index (χ0v) is 8.87. The Balaban J connectivity index is 1.81. The van der Waals surface area contributed by atoms with Crippen LogP contribution in [-0.2, 0) is 13.1 Å². The molecular formula is C11H11ClN2O. The lowest BCUT2D eigenvalue weighted by atomic mass is 10.3. The molecule has 0 spiro atoms. The highest BCUT2D eigenvalue weighted by molar-refractivity contribution is 6.29. The SMILES string of the molecule is Clc1ccc(CNCc2ccoc2)cn1. The number of nitrogens with zero attached hydrogens (tertiary/aromatic N) is 1. The van der Waals surface area contributed by atoms with Crippen molar-refractivity contribution in [1.29, 1.82) is 0 Å². The van der Waals surface area contributed by atoms with Crippen LogP contribution < -0.4 is 5.32 Å². The maximum absolute atomic E-state index is 5.68. The number of hydrogen-bond acceptors (Lipinski definition) is 3. The van der Waals surface area contributed by atoms with Crippen LogP contribution in [-0.4, -0.2) is 4.98 Å². The summed E-state index contributed by atoms with van der Waals surface area (Å²) in [5, 5.41) is 3.80. The monoisotopic (exact) mass is 222 g/mol. The van der Waals surface area contributed by atoms with Gasteiger partial charge in [-0.25, -0.2) is 4.98 Å². The van der Waals surface area contributed by atoms with Crippen LogP contribution in [0, 0.1) is 0 Å². The quantitative estimate of drug-likeness (QED) is 0.809. The average Bonchev–Trinajstić information content (AvgIpc) is 2.74. The van der Waals surface area contributed by atoms with E-state index >= 15 is 0 Å². The van der Waals surface area contributed by atoms with Gasteiger partial charge < -0.3 is 9.73 Å². The highest BCUT2D eigenvalue weighted by Gasteiger charge is 1.95. The molecule has 0 bridgehead atoms. The lowest BCUT2D eigenvalue weighted by Crippen LogP contribution is -2.12. The van der Waals surface area contributed by atoms with E-state index in [-0.39, 0.29) is 0 Å². The van der Waals surface area contributed by atoms with E-state index in [2.05, 4.69) is 10.3 Å². The van der Waals surface area contributed by atoms with Crippen LogP contribution in [0.2, 0.25) is 5.15 Å². The number of aromatic nitrogens is 1. The predicted octanol–water partition coefficient (Wildman–Crippen LogP) is 2.62. The van der Waals surface area contributed by atoms with Gasteiger partial charge in [0.25, 0.3) is 0 Å². The highest BCUT2D eigenvalue weighted by atomic mass is 35.5. The van der Waals surface area contributed by atoms with E-state index in [1.54, 1.807) is 24.8 Å². The summed E-state index contributed by atoms with van der Waals surface area (Å²) in [6.45, 7) is 1.56. The third kappa shape index (κ3) is 3.08. The van der Waals surface area contributed by atoms with E-state index in [4.69, 9.17) is 16.0 Å². The summed E-state index contributed by atoms with van der Waals surface area (Å²) in [4.78, 5) is 4.00. The Kier molecular flexibility index (Phi) is 3.37. The van der Waals surface area contributed by atoms with Crippen molar-refractivity contribution < 1.29 is 4.42 Å². The molecule has 0 aliphatic carbocycles. The maximum atomic E-state index is 5.68. The van der Waals surface area contributed by atoms with E-state index in [0.717, 1.165) is 24.2 Å². The molecule has 0 saturated carbocycles. The number of halogens is 1. The minimum Gasteiger partial charge on any atom is -0.472 e. The summed E-state index contributed by atoms with van der Waals surface area (Å²) in [7, 11) is 0. The van der Waals surface area contributed by atoms with Crippen LogP contribution in [0.15, 0.2) is 41.3 Å². The minimum absolute atomic E-state index is 0.522. The highest BCUT2D eigenvalue weighted by Crippen LogP contribution is 2.05. The second-order valence-corrected chi connectivity index (χ2v) is 3.61. The molecule has 0 unspecified atom stereocenters. The van der Waals surface area contributed by atoms with E-state index < -0.39 is 0 Å². The lowest BCUT2D eigenvalue weighted by Gasteiger charge is -2.02. The molecule has 2 rings (SSSR count). The van der Waals surface area contributed by atoms with Gasteiger partial charge in [-0.15, -0.1) is 0 Å². The lowest BCUT2D eigenvalue weighted by molar-refractivity contribution is 0.560. The van der Waals surface area contributed by atoms with Crippen LogP contribution in [0.1, 0.15) is 11.1 Å². The number of pyridine rings is 1. The average molecular weight is 223 g/mol. The summed E-state index contributed by atoms with van der Waals surface area (Å²) < 4.78 is 4.96. The minimum atomic E-state index is 0.522. The van der Waals surface area contributed by atoms with Gasteiger partial charge in [0.1, 0.15) is 5.15 Å². The van der Waals surface area contributed by atoms with E-state index in [1.165, 1.54) is 0 Å². The Morgan fingerprint density at radius 2 is 2.07 bits per heavy atom. The molecule has 0 aromatic carbocycles. The molecule has 0 saturated heterocycles. The fourth-order valence-electron chi connectivity index (χ4n) is 1.26. The molecule has 0 amide bonds. The molecule has 4 heteroatoms. The van der Waals surface area contributed by atoms with E-state index in [0.29, 0.717) is 5.15 Å². The Morgan fingerprint density at radius 1 is 1.20 bits per heavy atom. The molecule has 0 atom stereocenters. The first-order chi connectivity index (χ1) is 7.34. The van der Waals surface area contributed by atoms with Crippen molar-refractivity contribution in [2.75, 3.05) is 0 Å². The van der Waals surface area contributed by atoms with E-state index in [1.807, 2.05) is 12.1 Å². The van der Waals surface area contributed by atoms with Crippen molar-refractivity contribution >= 4 is 11.6 Å². The summed E-state index contributed by atoms with van der Waals surface area (Å²) in [6, 6.07) is 5.68. The largest absolute Gasteiger partial charge is 0.472 e. The summed E-state index contributed by atoms with van der Waals surface area (Å²) in [5.41, 5.74) is 2.25. The summed E-state index contributed by atoms with van der Waals surface area (Å²) in [6.07, 6.45) is 5.17. The first kappa shape index (κ1) is 10.2. The standard InChI is InChI=1S/C11H11ClN2O/c12-11-2-1-9(7-14-11)5-13-6-10-3-4-15-8-10/h1-4,7-8,13H,5-6H2. The van der Waals surface area contributed by atoms with Crippen molar-refractivity contribution in [3.8, 4) is 0 Å². The first-order valence-corrected chi connectivity index (χ1v) is 5.04. The Morgan fingerprint density at radius 3 is 2.73 bits per heavy atom. The first-order valence-electron chi connectivity index (χ1n) is 4.67. The van der Waals surface area contributed by atoms with Crippen LogP contribution in [0.3, 0.4) is 0 Å². The van der Waals surface area contributed by atoms with Gasteiger partial charge in [-0.3, -0.25) is 0 Å². The molecule has 0 radical (unpaired) electrons. The molecule has 0 aliphatic heterocycles. The number of nitrogens with one attached hydrogen (secondary N) is 1. The van der Waals surface area contributed by atoms with Crippen molar-refractivity contribution in [3.63, 3.8) is 0 Å². The normalized spacial score (nSPS) is 10.5. The van der Waals surface area contributed by atoms with Crippen LogP contribution in [0.5, 0.6) is 0 Å². The van der Waals surface area contributed by atoms with Crippen molar-refractivity contribution in [3.05, 3.63) is 53.2 Å². The van der Waals surface area contributed by atoms with Gasteiger partial charge in [-0.2, -0.15) is 0 Å². The molecule has 2 aromatic rings. The van der Waals surface area contributed by atoms with Crippen molar-refractivity contribution in [2.24, 2.45) is 0 Å². The third-order valence-corrected chi connectivity index (χ3v) is 2.25. The Bertz CT molecular complexity index is 397. The van der Waals surface area contributed by atoms with Crippen LogP contribution >= 0.6 is 11.6 Å². The van der Waals surface area contributed by atoms with Gasteiger partial charge in [-0.1, -0.05) is 17.7 Å². The second kappa shape index (κ2) is 4.96. The molecule has 2 heterocycles. The van der Waals surface area contributed by atoms with Gasteiger partial charge in [0.15, 0.2) is 0 Å². The second-order valence-electron chi connectivity index (χ2n) is 3.22. The van der Waals surface area contributed by atoms with Crippen molar-refractivity contribution in [2.45, 2.75) is 13.1 Å². The number of hydrogen-bond donors (Lipinski definition) is 1. The molecule has 1 N–H and O–H groups in total. The molecule has 0 aliphatic rings. The topological polar surface area (TPSA) is 38.1 Å². The zero-order chi connectivity index (χ0) is 10.5. The third-order valence-electron chi connectivity index (χ3n) is 2.03. The van der Waals surface area contributed by atoms with Gasteiger partial charge in [0.2, 0.25) is 0 Å². The maximum Gasteiger partial charge on any atom is 0.129 e. The van der Waals surface area contributed by atoms with Crippen LogP contribution in [0.25, 0.3) is 0 Å². The molecule has 0 fully saturated rings. The summed E-state index contributed by atoms with van der Waals surface area (Å²) in [5.74, 6) is 0. The number of furan rings is 1. The van der Waals surface area contributed by atoms with Gasteiger partial charge in [-0.05, 0) is 17.7 Å². The Labute approximate surface area is 93.1 Å². The predicted molar refractivity (Wildman–Crippen MR) is 58.5 cm³/mol. The molecule has 78 valence electrons. The van der Waals surface area contributed by atoms with Gasteiger partial charge >= 0.3 is 0 Å². The Hall–Kier alpha value is -1.32. The smallest absolute Gasteiger partial charge is 0.129 e. The van der Waals surface area contributed by atoms with Crippen LogP contribution in [0.4, 0.5) is 0 Å². The molecule has 2 aromatic heterocycles. The number of rotatable bonds is 4. The fourth-order valence-corrected chi connectivity index (χ4v) is 1.37. The molecule has 3 nitrogen and oxygen atoms in total. The summed E-state index contributed by atoms with van der Waals surface area (Å²) >= 11 is 5.68. The van der Waals surface area contributed by atoms with Crippen molar-refractivity contribution in [1.82, 2.24) is 10.3 Å². The fraction of sp³-hybridized carbons (Fsp3) is 0.182. The van der Waals surface area contributed by atoms with E-state index in [9.17, 15) is 0 Å². The molecular weight excluding hydrogens is 212 g/mol.